The Hall–Kier alpha value is -0.403. The molecule has 0 amide bonds. The van der Waals surface area contributed by atoms with Crippen molar-refractivity contribution in [3.05, 3.63) is 29.8 Å². The molecule has 0 fully saturated rings. The maximum Gasteiger partial charge on any atom is 0.341 e. The summed E-state index contributed by atoms with van der Waals surface area (Å²) >= 11 is 17.2. The van der Waals surface area contributed by atoms with E-state index in [0.29, 0.717) is 18.2 Å². The molecule has 1 rings (SSSR count). The van der Waals surface area contributed by atoms with Crippen molar-refractivity contribution in [2.45, 2.75) is 12.5 Å². The van der Waals surface area contributed by atoms with Crippen LogP contribution in [0.3, 0.4) is 0 Å². The van der Waals surface area contributed by atoms with E-state index in [4.69, 9.17) is 43.2 Å². The molecular formula is C10H10Cl3NOSi. The summed E-state index contributed by atoms with van der Waals surface area (Å²) in [6.45, 7) is 0.521. The number of hydrogen-bond acceptors (Lipinski definition) is 2. The predicted molar refractivity (Wildman–Crippen MR) is 69.4 cm³/mol. The van der Waals surface area contributed by atoms with Gasteiger partial charge in [0.2, 0.25) is 0 Å². The number of ether oxygens (including phenoxy) is 1. The predicted octanol–water partition coefficient (Wildman–Crippen LogP) is 3.98. The smallest absolute Gasteiger partial charge is 0.341 e. The van der Waals surface area contributed by atoms with Gasteiger partial charge in [-0.05, 0) is 36.7 Å². The molecule has 0 spiro atoms. The molecule has 0 radical (unpaired) electrons. The van der Waals surface area contributed by atoms with Crippen LogP contribution in [0.1, 0.15) is 12.0 Å². The van der Waals surface area contributed by atoms with E-state index in [2.05, 4.69) is 0 Å². The van der Waals surface area contributed by atoms with Gasteiger partial charge in [-0.15, -0.1) is 33.2 Å². The Morgan fingerprint density at radius 2 is 1.81 bits per heavy atom. The third-order valence-corrected chi connectivity index (χ3v) is 4.48. The standard InChI is InChI=1S/C10H10Cl3NOSi/c11-16(12,13)7-1-6-15-10-4-2-9(8-14)3-5-10/h2-5H,1,6-7H2. The van der Waals surface area contributed by atoms with Gasteiger partial charge < -0.3 is 4.74 Å². The normalized spacial score (nSPS) is 10.9. The highest BCUT2D eigenvalue weighted by atomic mass is 35.8. The summed E-state index contributed by atoms with van der Waals surface area (Å²) in [6.07, 6.45) is 0.725. The first kappa shape index (κ1) is 13.7. The third kappa shape index (κ3) is 5.62. The lowest BCUT2D eigenvalue weighted by molar-refractivity contribution is 0.317. The molecule has 0 unspecified atom stereocenters. The lowest BCUT2D eigenvalue weighted by Crippen LogP contribution is -2.10. The fourth-order valence-corrected chi connectivity index (χ4v) is 2.84. The Labute approximate surface area is 110 Å². The Morgan fingerprint density at radius 3 is 2.31 bits per heavy atom. The largest absolute Gasteiger partial charge is 0.494 e. The summed E-state index contributed by atoms with van der Waals surface area (Å²) < 4.78 is 5.44. The highest BCUT2D eigenvalue weighted by molar-refractivity contribution is 7.64. The molecular weight excluding hydrogens is 285 g/mol. The summed E-state index contributed by atoms with van der Waals surface area (Å²) in [5, 5.41) is 8.60. The molecule has 6 heteroatoms. The number of rotatable bonds is 5. The second-order valence-electron chi connectivity index (χ2n) is 3.20. The summed E-state index contributed by atoms with van der Waals surface area (Å²) in [5.74, 6) is 0.727. The molecule has 0 saturated carbocycles. The molecule has 1 aromatic rings. The number of benzene rings is 1. The van der Waals surface area contributed by atoms with Gasteiger partial charge in [0, 0.05) is 0 Å². The van der Waals surface area contributed by atoms with Crippen LogP contribution >= 0.6 is 33.2 Å². The van der Waals surface area contributed by atoms with Crippen molar-refractivity contribution in [2.24, 2.45) is 0 Å². The van der Waals surface area contributed by atoms with Crippen molar-refractivity contribution in [1.82, 2.24) is 0 Å². The van der Waals surface area contributed by atoms with Crippen LogP contribution in [0.5, 0.6) is 5.75 Å². The Balaban J connectivity index is 2.30. The molecule has 2 nitrogen and oxygen atoms in total. The van der Waals surface area contributed by atoms with E-state index in [1.165, 1.54) is 0 Å². The van der Waals surface area contributed by atoms with Crippen molar-refractivity contribution in [2.75, 3.05) is 6.61 Å². The molecule has 0 N–H and O–H groups in total. The van der Waals surface area contributed by atoms with E-state index >= 15 is 0 Å². The van der Waals surface area contributed by atoms with Crippen molar-refractivity contribution in [1.29, 1.82) is 5.26 Å². The first-order valence-electron chi connectivity index (χ1n) is 4.71. The van der Waals surface area contributed by atoms with E-state index in [1.807, 2.05) is 6.07 Å². The van der Waals surface area contributed by atoms with Gasteiger partial charge in [0.25, 0.3) is 0 Å². The van der Waals surface area contributed by atoms with Gasteiger partial charge in [0.1, 0.15) is 5.75 Å². The van der Waals surface area contributed by atoms with Crippen molar-refractivity contribution < 1.29 is 4.74 Å². The number of halogens is 3. The minimum absolute atomic E-state index is 0.521. The monoisotopic (exact) mass is 293 g/mol. The van der Waals surface area contributed by atoms with Crippen molar-refractivity contribution in [3.63, 3.8) is 0 Å². The molecule has 0 aliphatic rings. The van der Waals surface area contributed by atoms with Crippen molar-refractivity contribution >= 4 is 39.2 Å². The topological polar surface area (TPSA) is 33.0 Å². The van der Waals surface area contributed by atoms with Gasteiger partial charge in [0.15, 0.2) is 0 Å². The number of nitriles is 1. The van der Waals surface area contributed by atoms with E-state index in [0.717, 1.165) is 12.2 Å². The molecule has 0 aliphatic carbocycles. The SMILES string of the molecule is N#Cc1ccc(OCCC[Si](Cl)(Cl)Cl)cc1. The summed E-state index contributed by atoms with van der Waals surface area (Å²) in [6, 6.07) is 7.04. The van der Waals surface area contributed by atoms with Gasteiger partial charge >= 0.3 is 6.00 Å². The number of hydrogen-bond donors (Lipinski definition) is 0. The minimum Gasteiger partial charge on any atom is -0.494 e. The van der Waals surface area contributed by atoms with Gasteiger partial charge in [-0.1, -0.05) is 0 Å². The maximum atomic E-state index is 8.60. The Kier molecular flexibility index (Phi) is 5.43. The maximum absolute atomic E-state index is 8.60. The number of nitrogens with zero attached hydrogens (tertiary/aromatic N) is 1. The van der Waals surface area contributed by atoms with Crippen molar-refractivity contribution in [3.8, 4) is 11.8 Å². The van der Waals surface area contributed by atoms with E-state index in [1.54, 1.807) is 24.3 Å². The average molecular weight is 295 g/mol. The summed E-state index contributed by atoms with van der Waals surface area (Å²) in [7, 11) is 0. The van der Waals surface area contributed by atoms with Crippen LogP contribution < -0.4 is 4.74 Å². The van der Waals surface area contributed by atoms with Crippen LogP contribution in [0.2, 0.25) is 6.04 Å². The molecule has 0 heterocycles. The first-order valence-corrected chi connectivity index (χ1v) is 9.95. The highest BCUT2D eigenvalue weighted by Crippen LogP contribution is 2.26. The minimum atomic E-state index is -2.52. The van der Waals surface area contributed by atoms with Gasteiger partial charge in [-0.25, -0.2) is 0 Å². The molecule has 0 aliphatic heterocycles. The lowest BCUT2D eigenvalue weighted by atomic mass is 10.2. The van der Waals surface area contributed by atoms with Gasteiger partial charge in [-0.3, -0.25) is 0 Å². The first-order chi connectivity index (χ1) is 7.51. The molecule has 0 aromatic heterocycles. The summed E-state index contributed by atoms with van der Waals surface area (Å²) in [5.41, 5.74) is 0.612. The van der Waals surface area contributed by atoms with Crippen LogP contribution in [0.15, 0.2) is 24.3 Å². The Bertz CT molecular complexity index is 369. The van der Waals surface area contributed by atoms with E-state index in [-0.39, 0.29) is 0 Å². The van der Waals surface area contributed by atoms with Crippen LogP contribution in [0, 0.1) is 11.3 Å². The molecule has 1 aromatic carbocycles. The molecule has 0 saturated heterocycles. The van der Waals surface area contributed by atoms with E-state index < -0.39 is 6.00 Å². The summed E-state index contributed by atoms with van der Waals surface area (Å²) in [4.78, 5) is 0. The lowest BCUT2D eigenvalue weighted by Gasteiger charge is -2.08. The third-order valence-electron chi connectivity index (χ3n) is 1.86. The average Bonchev–Trinajstić information content (AvgIpc) is 2.24. The molecule has 16 heavy (non-hydrogen) atoms. The molecule has 0 atom stereocenters. The zero-order chi connectivity index (χ0) is 12.0. The molecule has 0 bridgehead atoms. The molecule has 86 valence electrons. The fourth-order valence-electron chi connectivity index (χ4n) is 1.09. The van der Waals surface area contributed by atoms with Crippen LogP contribution in [0.25, 0.3) is 0 Å². The second kappa shape index (κ2) is 6.36. The second-order valence-corrected chi connectivity index (χ2v) is 12.5. The highest BCUT2D eigenvalue weighted by Gasteiger charge is 2.23. The van der Waals surface area contributed by atoms with Gasteiger partial charge in [0.05, 0.1) is 18.2 Å². The zero-order valence-corrected chi connectivity index (χ0v) is 11.7. The van der Waals surface area contributed by atoms with Crippen LogP contribution in [-0.4, -0.2) is 12.6 Å². The van der Waals surface area contributed by atoms with E-state index in [9.17, 15) is 0 Å². The quantitative estimate of drug-likeness (QED) is 0.467. The Morgan fingerprint density at radius 1 is 1.19 bits per heavy atom. The van der Waals surface area contributed by atoms with Crippen LogP contribution in [-0.2, 0) is 0 Å². The fraction of sp³-hybridized carbons (Fsp3) is 0.300. The zero-order valence-electron chi connectivity index (χ0n) is 8.42. The van der Waals surface area contributed by atoms with Gasteiger partial charge in [-0.2, -0.15) is 5.26 Å². The van der Waals surface area contributed by atoms with Crippen LogP contribution in [0.4, 0.5) is 0 Å².